The number of carbonyl (C=O) groups is 1. The van der Waals surface area contributed by atoms with E-state index in [-0.39, 0.29) is 6.23 Å². The van der Waals surface area contributed by atoms with Crippen molar-refractivity contribution < 1.29 is 19.0 Å². The molecule has 7 heteroatoms. The summed E-state index contributed by atoms with van der Waals surface area (Å²) < 4.78 is 4.39. The Morgan fingerprint density at radius 1 is 1.47 bits per heavy atom. The predicted molar refractivity (Wildman–Crippen MR) is 62.1 cm³/mol. The molecule has 0 aromatic carbocycles. The van der Waals surface area contributed by atoms with Gasteiger partial charge in [-0.1, -0.05) is 0 Å². The van der Waals surface area contributed by atoms with Gasteiger partial charge < -0.3 is 15.3 Å². The Balaban J connectivity index is 2.73. The summed E-state index contributed by atoms with van der Waals surface area (Å²) in [4.78, 5) is 16.8. The van der Waals surface area contributed by atoms with Gasteiger partial charge in [0.1, 0.15) is 5.54 Å². The highest BCUT2D eigenvalue weighted by Gasteiger charge is 2.54. The number of nitrogens with zero attached hydrogens (tertiary/aromatic N) is 1. The van der Waals surface area contributed by atoms with Crippen molar-refractivity contribution >= 4 is 6.09 Å². The maximum absolute atomic E-state index is 11.9. The topological polar surface area (TPSA) is 103 Å². The number of epoxide rings is 1. The number of likely N-dealkylation sites (N-methyl/N-ethyl adjacent to an activating group) is 1. The van der Waals surface area contributed by atoms with Crippen molar-refractivity contribution in [3.63, 3.8) is 0 Å². The summed E-state index contributed by atoms with van der Waals surface area (Å²) in [6.45, 7) is 7.82. The zero-order valence-corrected chi connectivity index (χ0v) is 11.1. The van der Waals surface area contributed by atoms with Crippen molar-refractivity contribution in [3.8, 4) is 0 Å². The molecule has 0 bridgehead atoms. The summed E-state index contributed by atoms with van der Waals surface area (Å²) in [5, 5.41) is 0. The predicted octanol–water partition coefficient (Wildman–Crippen LogP) is -0.180. The molecule has 2 atom stereocenters. The summed E-state index contributed by atoms with van der Waals surface area (Å²) in [6.07, 6.45) is -0.822. The molecule has 100 valence electrons. The quantitative estimate of drug-likeness (QED) is 0.209. The minimum Gasteiger partial charge on any atom is -0.354 e. The highest BCUT2D eigenvalue weighted by atomic mass is 16.7. The number of nitrogens with two attached hydrogens (primary N) is 2. The van der Waals surface area contributed by atoms with E-state index < -0.39 is 21.8 Å². The van der Waals surface area contributed by atoms with Crippen LogP contribution in [0.1, 0.15) is 27.7 Å². The fraction of sp³-hybridized carbons (Fsp3) is 0.900. The molecule has 7 nitrogen and oxygen atoms in total. The minimum atomic E-state index is -0.698. The molecule has 1 aliphatic heterocycles. The van der Waals surface area contributed by atoms with E-state index in [2.05, 4.69) is 5.48 Å². The van der Waals surface area contributed by atoms with Gasteiger partial charge in [-0.15, -0.1) is 10.1 Å². The largest absolute Gasteiger partial charge is 0.555 e. The number of amides is 1. The summed E-state index contributed by atoms with van der Waals surface area (Å²) >= 11 is 0. The highest BCUT2D eigenvalue weighted by Crippen LogP contribution is 2.29. The van der Waals surface area contributed by atoms with Gasteiger partial charge in [-0.2, -0.15) is 10.6 Å². The Kier molecular flexibility index (Phi) is 3.52. The third kappa shape index (κ3) is 2.75. The van der Waals surface area contributed by atoms with Gasteiger partial charge in [0, 0.05) is 0 Å². The van der Waals surface area contributed by atoms with Gasteiger partial charge >= 0.3 is 6.09 Å². The third-order valence-electron chi connectivity index (χ3n) is 3.73. The second-order valence-electron chi connectivity index (χ2n) is 5.66. The minimum absolute atomic E-state index is 0.215. The van der Waals surface area contributed by atoms with Crippen molar-refractivity contribution in [2.75, 3.05) is 13.7 Å². The monoisotopic (exact) mass is 247 g/mol. The molecule has 1 heterocycles. The second kappa shape index (κ2) is 4.18. The number of carbonyl (C=O) groups excluding carboxylic acids is 1. The lowest BCUT2D eigenvalue weighted by Gasteiger charge is -2.46. The zero-order chi connectivity index (χ0) is 13.5. The third-order valence-corrected chi connectivity index (χ3v) is 3.73. The molecule has 0 aliphatic carbocycles. The average Bonchev–Trinajstić information content (AvgIpc) is 2.95. The van der Waals surface area contributed by atoms with Crippen LogP contribution in [0.15, 0.2) is 0 Å². The summed E-state index contributed by atoms with van der Waals surface area (Å²) in [7, 11) is 1.56. The lowest BCUT2D eigenvalue weighted by Crippen LogP contribution is -2.76. The molecule has 1 aliphatic rings. The molecular formula is C10H23N4O3+. The van der Waals surface area contributed by atoms with Crippen molar-refractivity contribution in [3.05, 3.63) is 0 Å². The molecular weight excluding hydrogens is 224 g/mol. The molecule has 0 radical (unpaired) electrons. The Morgan fingerprint density at radius 3 is 2.29 bits per heavy atom. The van der Waals surface area contributed by atoms with Gasteiger partial charge in [-0.3, -0.25) is 0 Å². The fourth-order valence-electron chi connectivity index (χ4n) is 1.15. The Bertz CT molecular complexity index is 305. The number of hydrogen-bond acceptors (Lipinski definition) is 6. The van der Waals surface area contributed by atoms with Crippen LogP contribution in [0.25, 0.3) is 0 Å². The summed E-state index contributed by atoms with van der Waals surface area (Å²) in [5.41, 5.74) is 7.19. The Labute approximate surface area is 102 Å². The maximum atomic E-state index is 11.9. The van der Waals surface area contributed by atoms with E-state index in [0.29, 0.717) is 6.61 Å². The first-order chi connectivity index (χ1) is 7.50. The zero-order valence-electron chi connectivity index (χ0n) is 11.1. The van der Waals surface area contributed by atoms with Crippen molar-refractivity contribution in [2.24, 2.45) is 11.6 Å². The SMILES string of the molecule is CC(C)(N)C(C)(C)[N+](C)(N)C(=O)ONC1CO1. The Hall–Kier alpha value is -0.730. The normalized spacial score (nSPS) is 24.1. The lowest BCUT2D eigenvalue weighted by atomic mass is 9.81. The molecule has 5 N–H and O–H groups in total. The number of hydroxylamine groups is 1. The van der Waals surface area contributed by atoms with Crippen LogP contribution in [0.5, 0.6) is 0 Å². The first kappa shape index (κ1) is 14.3. The van der Waals surface area contributed by atoms with E-state index in [0.717, 1.165) is 0 Å². The standard InChI is InChI=1S/C10H23N4O3/c1-9(2,11)10(3,4)14(5,12)8(15)17-13-7-6-16-7/h7,13H,6,11-12H2,1-5H3/q+1. The molecule has 1 saturated heterocycles. The molecule has 1 rings (SSSR count). The molecule has 0 spiro atoms. The fourth-order valence-corrected chi connectivity index (χ4v) is 1.15. The molecule has 0 aromatic rings. The van der Waals surface area contributed by atoms with Crippen molar-refractivity contribution in [1.82, 2.24) is 5.48 Å². The number of nitrogens with one attached hydrogen (secondary N) is 1. The van der Waals surface area contributed by atoms with Gasteiger partial charge in [-0.25, -0.2) is 0 Å². The van der Waals surface area contributed by atoms with Crippen LogP contribution in [-0.2, 0) is 9.57 Å². The van der Waals surface area contributed by atoms with Gasteiger partial charge in [-0.05, 0) is 27.7 Å². The van der Waals surface area contributed by atoms with Crippen LogP contribution in [-0.4, -0.2) is 41.6 Å². The summed E-state index contributed by atoms with van der Waals surface area (Å²) in [5.74, 6) is 6.03. The van der Waals surface area contributed by atoms with E-state index in [1.807, 2.05) is 27.7 Å². The van der Waals surface area contributed by atoms with Crippen LogP contribution in [0.2, 0.25) is 0 Å². The van der Waals surface area contributed by atoms with Gasteiger partial charge in [0.05, 0.1) is 19.2 Å². The number of hydrogen-bond donors (Lipinski definition) is 3. The van der Waals surface area contributed by atoms with Gasteiger partial charge in [0.2, 0.25) is 0 Å². The van der Waals surface area contributed by atoms with Crippen molar-refractivity contribution in [1.29, 1.82) is 0 Å². The second-order valence-corrected chi connectivity index (χ2v) is 5.66. The molecule has 0 aromatic heterocycles. The van der Waals surface area contributed by atoms with Gasteiger partial charge in [0.25, 0.3) is 0 Å². The van der Waals surface area contributed by atoms with E-state index in [9.17, 15) is 4.79 Å². The maximum Gasteiger partial charge on any atom is 0.555 e. The summed E-state index contributed by atoms with van der Waals surface area (Å²) in [6, 6.07) is 0. The van der Waals surface area contributed by atoms with E-state index >= 15 is 0 Å². The van der Waals surface area contributed by atoms with Gasteiger partial charge in [0.15, 0.2) is 6.23 Å². The molecule has 0 saturated carbocycles. The van der Waals surface area contributed by atoms with E-state index in [1.54, 1.807) is 7.05 Å². The van der Waals surface area contributed by atoms with Crippen LogP contribution < -0.4 is 17.1 Å². The van der Waals surface area contributed by atoms with E-state index in [4.69, 9.17) is 21.2 Å². The first-order valence-corrected chi connectivity index (χ1v) is 5.52. The van der Waals surface area contributed by atoms with Crippen LogP contribution in [0.4, 0.5) is 4.79 Å². The number of ether oxygens (including phenoxy) is 1. The first-order valence-electron chi connectivity index (χ1n) is 5.52. The van der Waals surface area contributed by atoms with Crippen LogP contribution in [0.3, 0.4) is 0 Å². The van der Waals surface area contributed by atoms with E-state index in [1.165, 1.54) is 0 Å². The number of rotatable bonds is 4. The highest BCUT2D eigenvalue weighted by molar-refractivity contribution is 5.59. The van der Waals surface area contributed by atoms with Crippen LogP contribution in [0, 0.1) is 0 Å². The Morgan fingerprint density at radius 2 is 1.94 bits per heavy atom. The molecule has 1 amide bonds. The van der Waals surface area contributed by atoms with Crippen molar-refractivity contribution in [2.45, 2.75) is 45.0 Å². The average molecular weight is 247 g/mol. The molecule has 2 unspecified atom stereocenters. The molecule has 1 fully saturated rings. The molecule has 17 heavy (non-hydrogen) atoms. The smallest absolute Gasteiger partial charge is 0.354 e. The number of quaternary nitrogens is 1. The lowest BCUT2D eigenvalue weighted by molar-refractivity contribution is -0.904. The van der Waals surface area contributed by atoms with Crippen LogP contribution >= 0.6 is 0 Å².